The van der Waals surface area contributed by atoms with Crippen LogP contribution in [0.25, 0.3) is 0 Å². The van der Waals surface area contributed by atoms with Crippen LogP contribution in [0.4, 0.5) is 0 Å². The minimum absolute atomic E-state index is 0.0719. The largest absolute Gasteiger partial charge is 0.303 e. The molecule has 1 unspecified atom stereocenters. The van der Waals surface area contributed by atoms with Crippen molar-refractivity contribution < 1.29 is 9.59 Å². The van der Waals surface area contributed by atoms with Gasteiger partial charge in [0, 0.05) is 18.4 Å². The minimum Gasteiger partial charge on any atom is -0.303 e. The molecule has 0 aromatic heterocycles. The topological polar surface area (TPSA) is 34.1 Å². The molecule has 0 fully saturated rings. The third kappa shape index (κ3) is 2.16. The third-order valence-electron chi connectivity index (χ3n) is 1.83. The molecule has 0 aromatic rings. The van der Waals surface area contributed by atoms with Crippen LogP contribution in [-0.2, 0) is 9.59 Å². The summed E-state index contributed by atoms with van der Waals surface area (Å²) in [7, 11) is 0. The van der Waals surface area contributed by atoms with Crippen molar-refractivity contribution in [1.29, 1.82) is 0 Å². The first kappa shape index (κ1) is 8.91. The normalized spacial score (nSPS) is 20.8. The lowest BCUT2D eigenvalue weighted by Crippen LogP contribution is -1.99. The van der Waals surface area contributed by atoms with Crippen LogP contribution < -0.4 is 0 Å². The van der Waals surface area contributed by atoms with E-state index in [4.69, 9.17) is 0 Å². The van der Waals surface area contributed by atoms with Gasteiger partial charge in [-0.25, -0.2) is 0 Å². The molecule has 2 nitrogen and oxygen atoms in total. The second-order valence-electron chi connectivity index (χ2n) is 2.97. The molecule has 0 saturated heterocycles. The molecule has 0 amide bonds. The summed E-state index contributed by atoms with van der Waals surface area (Å²) in [5.41, 5.74) is 0.754. The summed E-state index contributed by atoms with van der Waals surface area (Å²) in [6.45, 7) is 2.02. The molecule has 1 aliphatic carbocycles. The molecule has 1 atom stereocenters. The first-order valence-electron chi connectivity index (χ1n) is 4.11. The van der Waals surface area contributed by atoms with Crippen LogP contribution in [0.5, 0.6) is 0 Å². The van der Waals surface area contributed by atoms with Crippen molar-refractivity contribution in [2.75, 3.05) is 0 Å². The molecule has 0 aliphatic heterocycles. The molecule has 1 aliphatic rings. The molecule has 2 heteroatoms. The molecule has 0 saturated carbocycles. The molecule has 1 rings (SSSR count). The van der Waals surface area contributed by atoms with E-state index in [-0.39, 0.29) is 5.78 Å². The van der Waals surface area contributed by atoms with Gasteiger partial charge in [0.05, 0.1) is 0 Å². The Morgan fingerprint density at radius 1 is 1.67 bits per heavy atom. The number of hydrogen-bond acceptors (Lipinski definition) is 2. The monoisotopic (exact) mass is 164 g/mol. The zero-order valence-electron chi connectivity index (χ0n) is 7.12. The van der Waals surface area contributed by atoms with Gasteiger partial charge < -0.3 is 4.79 Å². The highest BCUT2D eigenvalue weighted by Gasteiger charge is 2.11. The molecule has 64 valence electrons. The standard InChI is InChI=1S/C10H12O2/c1-8-4-5-9(7-8)10(12)3-2-6-11/h4-8H,2-3H2,1H3. The first-order chi connectivity index (χ1) is 5.74. The van der Waals surface area contributed by atoms with E-state index in [2.05, 4.69) is 0 Å². The van der Waals surface area contributed by atoms with Gasteiger partial charge in [-0.15, -0.1) is 0 Å². The van der Waals surface area contributed by atoms with E-state index in [0.717, 1.165) is 11.9 Å². The van der Waals surface area contributed by atoms with Crippen LogP contribution in [0, 0.1) is 5.92 Å². The van der Waals surface area contributed by atoms with Gasteiger partial charge in [-0.2, -0.15) is 0 Å². The van der Waals surface area contributed by atoms with E-state index in [1.165, 1.54) is 0 Å². The van der Waals surface area contributed by atoms with Crippen molar-refractivity contribution in [2.24, 2.45) is 5.92 Å². The maximum Gasteiger partial charge on any atom is 0.162 e. The van der Waals surface area contributed by atoms with Crippen LogP contribution in [0.3, 0.4) is 0 Å². The van der Waals surface area contributed by atoms with Gasteiger partial charge in [0.15, 0.2) is 5.78 Å². The van der Waals surface area contributed by atoms with E-state index in [9.17, 15) is 9.59 Å². The molecule has 0 heterocycles. The maximum absolute atomic E-state index is 11.3. The average Bonchev–Trinajstić information content (AvgIpc) is 2.47. The predicted molar refractivity (Wildman–Crippen MR) is 46.7 cm³/mol. The van der Waals surface area contributed by atoms with Crippen LogP contribution in [0.15, 0.2) is 23.8 Å². The van der Waals surface area contributed by atoms with Gasteiger partial charge >= 0.3 is 0 Å². The van der Waals surface area contributed by atoms with E-state index < -0.39 is 0 Å². The Balaban J connectivity index is 2.49. The molecular formula is C10H12O2. The van der Waals surface area contributed by atoms with Crippen molar-refractivity contribution in [3.63, 3.8) is 0 Å². The number of ketones is 1. The van der Waals surface area contributed by atoms with Crippen LogP contribution >= 0.6 is 0 Å². The molecule has 12 heavy (non-hydrogen) atoms. The highest BCUT2D eigenvalue weighted by molar-refractivity contribution is 5.99. The average molecular weight is 164 g/mol. The fraction of sp³-hybridized carbons (Fsp3) is 0.400. The number of rotatable bonds is 4. The minimum atomic E-state index is 0.0719. The predicted octanol–water partition coefficient (Wildman–Crippen LogP) is 1.67. The van der Waals surface area contributed by atoms with Gasteiger partial charge in [0.2, 0.25) is 0 Å². The van der Waals surface area contributed by atoms with Gasteiger partial charge in [-0.1, -0.05) is 25.2 Å². The fourth-order valence-electron chi connectivity index (χ4n) is 1.17. The van der Waals surface area contributed by atoms with Crippen molar-refractivity contribution in [1.82, 2.24) is 0 Å². The Morgan fingerprint density at radius 3 is 2.92 bits per heavy atom. The Hall–Kier alpha value is -1.18. The van der Waals surface area contributed by atoms with E-state index >= 15 is 0 Å². The SMILES string of the molecule is CC1C=CC(C(=O)CCC=O)=C1. The number of Topliss-reactive ketones (excluding diaryl/α,β-unsaturated/α-hetero) is 1. The lowest BCUT2D eigenvalue weighted by molar-refractivity contribution is -0.117. The molecule has 0 aromatic carbocycles. The van der Waals surface area contributed by atoms with Crippen molar-refractivity contribution >= 4 is 12.1 Å². The summed E-state index contributed by atoms with van der Waals surface area (Å²) >= 11 is 0. The highest BCUT2D eigenvalue weighted by atomic mass is 16.1. The van der Waals surface area contributed by atoms with Gasteiger partial charge in [0.1, 0.15) is 6.29 Å². The van der Waals surface area contributed by atoms with Crippen molar-refractivity contribution in [2.45, 2.75) is 19.8 Å². The van der Waals surface area contributed by atoms with Gasteiger partial charge in [-0.05, 0) is 5.92 Å². The smallest absolute Gasteiger partial charge is 0.162 e. The second-order valence-corrected chi connectivity index (χ2v) is 2.97. The summed E-state index contributed by atoms with van der Waals surface area (Å²) in [4.78, 5) is 21.3. The Bertz CT molecular complexity index is 249. The van der Waals surface area contributed by atoms with Crippen LogP contribution in [0.1, 0.15) is 19.8 Å². The Morgan fingerprint density at radius 2 is 2.42 bits per heavy atom. The van der Waals surface area contributed by atoms with Crippen molar-refractivity contribution in [3.8, 4) is 0 Å². The highest BCUT2D eigenvalue weighted by Crippen LogP contribution is 2.17. The lowest BCUT2D eigenvalue weighted by Gasteiger charge is -1.95. The second kappa shape index (κ2) is 4.00. The van der Waals surface area contributed by atoms with Gasteiger partial charge in [-0.3, -0.25) is 4.79 Å². The molecule has 0 radical (unpaired) electrons. The Kier molecular flexibility index (Phi) is 2.97. The zero-order chi connectivity index (χ0) is 8.97. The summed E-state index contributed by atoms with van der Waals surface area (Å²) in [5.74, 6) is 0.433. The van der Waals surface area contributed by atoms with Crippen molar-refractivity contribution in [3.05, 3.63) is 23.8 Å². The molecule has 0 bridgehead atoms. The zero-order valence-corrected chi connectivity index (χ0v) is 7.12. The third-order valence-corrected chi connectivity index (χ3v) is 1.83. The van der Waals surface area contributed by atoms with E-state index in [1.807, 2.05) is 25.2 Å². The quantitative estimate of drug-likeness (QED) is 0.592. The van der Waals surface area contributed by atoms with Crippen LogP contribution in [-0.4, -0.2) is 12.1 Å². The molecule has 0 spiro atoms. The molecule has 0 N–H and O–H groups in total. The summed E-state index contributed by atoms with van der Waals surface area (Å²) in [5, 5.41) is 0. The lowest BCUT2D eigenvalue weighted by atomic mass is 10.1. The summed E-state index contributed by atoms with van der Waals surface area (Å²) in [6.07, 6.45) is 7.18. The Labute approximate surface area is 72.0 Å². The fourth-order valence-corrected chi connectivity index (χ4v) is 1.17. The molecular weight excluding hydrogens is 152 g/mol. The number of hydrogen-bond donors (Lipinski definition) is 0. The van der Waals surface area contributed by atoms with Crippen LogP contribution in [0.2, 0.25) is 0 Å². The van der Waals surface area contributed by atoms with E-state index in [0.29, 0.717) is 18.8 Å². The number of carbonyl (C=O) groups excluding carboxylic acids is 2. The van der Waals surface area contributed by atoms with E-state index in [1.54, 1.807) is 0 Å². The summed E-state index contributed by atoms with van der Waals surface area (Å²) in [6, 6.07) is 0. The first-order valence-corrected chi connectivity index (χ1v) is 4.11. The maximum atomic E-state index is 11.3. The number of aldehydes is 1. The number of carbonyl (C=O) groups is 2. The van der Waals surface area contributed by atoms with Gasteiger partial charge in [0.25, 0.3) is 0 Å². The number of allylic oxidation sites excluding steroid dienone is 4. The summed E-state index contributed by atoms with van der Waals surface area (Å²) < 4.78 is 0.